The number of aliphatic hydroxyl groups is 2. The molecule has 0 bridgehead atoms. The van der Waals surface area contributed by atoms with Crippen molar-refractivity contribution < 1.29 is 28.3 Å². The Bertz CT molecular complexity index is 1220. The van der Waals surface area contributed by atoms with Crippen LogP contribution in [-0.2, 0) is 25.5 Å². The Morgan fingerprint density at radius 1 is 1.43 bits per heavy atom. The fourth-order valence-electron chi connectivity index (χ4n) is 5.22. The molecule has 1 saturated carbocycles. The third-order valence-electron chi connectivity index (χ3n) is 9.13. The van der Waals surface area contributed by atoms with E-state index in [1.165, 1.54) is 10.9 Å². The van der Waals surface area contributed by atoms with Gasteiger partial charge in [-0.2, -0.15) is 4.52 Å². The summed E-state index contributed by atoms with van der Waals surface area (Å²) >= 11 is 7.36. The molecule has 9 atom stereocenters. The summed E-state index contributed by atoms with van der Waals surface area (Å²) in [5.41, 5.74) is 7.74. The van der Waals surface area contributed by atoms with E-state index in [0.717, 1.165) is 18.4 Å². The SMILES string of the molecule is C=C(C)[C@@H]1CC[C@](C)(SC[P+](=S)OC[C@H]2O[C@@H](n3cnc4c3NC(N)=NC4O)[C@H](F)C2O[Si](C)(C)C(C)(C)C)[C@@H](O)C1. The second-order valence-electron chi connectivity index (χ2n) is 13.3. The highest BCUT2D eigenvalue weighted by Gasteiger charge is 2.53. The van der Waals surface area contributed by atoms with Gasteiger partial charge in [0, 0.05) is 4.75 Å². The number of nitrogens with one attached hydrogen (secondary N) is 1. The highest BCUT2D eigenvalue weighted by molar-refractivity contribution is 8.14. The number of ether oxygens (including phenoxy) is 1. The fourth-order valence-corrected chi connectivity index (χ4v) is 9.95. The number of allylic oxidation sites excluding steroid dienone is 1. The minimum atomic E-state index is -2.40. The summed E-state index contributed by atoms with van der Waals surface area (Å²) in [4.78, 5) is 8.09. The van der Waals surface area contributed by atoms with E-state index in [-0.39, 0.29) is 28.0 Å². The molecule has 2 aliphatic heterocycles. The molecule has 0 radical (unpaired) electrons. The average Bonchev–Trinajstić information content (AvgIpc) is 3.43. The van der Waals surface area contributed by atoms with E-state index in [1.807, 2.05) is 6.92 Å². The standard InChI is InChI=1S/C27H46FN5O5PS2Si/c1-15(2)16-9-10-27(6,18(34)11-16)41-14-39(40)36-12-17-21(38-42(7,8)26(3,4)5)19(28)24(37-17)33-13-30-20-22(33)31-25(29)32-23(20)35/h13,16-19,21,23-24,34-35H,1,9-12,14H2,2-8H3,(H3,29,31,32)/q+1/t16-,17-,18+,19-,21?,23?,24-,27+/m1/s1. The van der Waals surface area contributed by atoms with Gasteiger partial charge in [-0.1, -0.05) is 32.9 Å². The van der Waals surface area contributed by atoms with Crippen LogP contribution in [0.25, 0.3) is 0 Å². The number of alkyl halides is 1. The van der Waals surface area contributed by atoms with E-state index in [4.69, 9.17) is 31.2 Å². The molecule has 15 heteroatoms. The van der Waals surface area contributed by atoms with Crippen molar-refractivity contribution in [2.24, 2.45) is 16.6 Å². The van der Waals surface area contributed by atoms with Crippen LogP contribution in [0.15, 0.2) is 23.5 Å². The Kier molecular flexibility index (Phi) is 10.3. The smallest absolute Gasteiger partial charge is 0.348 e. The van der Waals surface area contributed by atoms with Crippen molar-refractivity contribution in [3.05, 3.63) is 24.2 Å². The fraction of sp³-hybridized carbons (Fsp3) is 0.778. The Labute approximate surface area is 259 Å². The van der Waals surface area contributed by atoms with Crippen molar-refractivity contribution in [2.45, 2.75) is 114 Å². The van der Waals surface area contributed by atoms with Crippen LogP contribution >= 0.6 is 18.7 Å². The Hall–Kier alpha value is -0.963. The Morgan fingerprint density at radius 2 is 2.12 bits per heavy atom. The van der Waals surface area contributed by atoms with Gasteiger partial charge in [0.25, 0.3) is 0 Å². The molecule has 1 aromatic rings. The van der Waals surface area contributed by atoms with Crippen LogP contribution < -0.4 is 11.1 Å². The molecule has 2 fully saturated rings. The zero-order valence-corrected chi connectivity index (χ0v) is 29.1. The van der Waals surface area contributed by atoms with Gasteiger partial charge in [0.2, 0.25) is 0 Å². The lowest BCUT2D eigenvalue weighted by molar-refractivity contribution is -0.0387. The maximum Gasteiger partial charge on any atom is 0.348 e. The van der Waals surface area contributed by atoms with Crippen LogP contribution in [0, 0.1) is 5.92 Å². The molecule has 1 aromatic heterocycles. The quantitative estimate of drug-likeness (QED) is 0.148. The third-order valence-corrected chi connectivity index (χ3v) is 17.8. The summed E-state index contributed by atoms with van der Waals surface area (Å²) in [6.07, 6.45) is -1.96. The molecule has 0 spiro atoms. The number of aromatic nitrogens is 2. The zero-order valence-electron chi connectivity index (χ0n) is 25.5. The molecule has 5 N–H and O–H groups in total. The molecule has 3 unspecified atom stereocenters. The van der Waals surface area contributed by atoms with E-state index < -0.39 is 52.2 Å². The number of hydrogen-bond acceptors (Lipinski definition) is 11. The number of hydrogen-bond donors (Lipinski definition) is 4. The van der Waals surface area contributed by atoms with Crippen LogP contribution in [0.1, 0.15) is 72.0 Å². The number of rotatable bonds is 10. The van der Waals surface area contributed by atoms with Gasteiger partial charge in [0.15, 0.2) is 50.2 Å². The monoisotopic (exact) mass is 662 g/mol. The topological polar surface area (TPSA) is 136 Å². The van der Waals surface area contributed by atoms with E-state index in [0.29, 0.717) is 23.7 Å². The molecule has 0 amide bonds. The number of nitrogens with zero attached hydrogens (tertiary/aromatic N) is 3. The molecule has 4 rings (SSSR count). The van der Waals surface area contributed by atoms with Gasteiger partial charge in [0.1, 0.15) is 30.3 Å². The molecule has 1 saturated heterocycles. The molecule has 236 valence electrons. The normalized spacial score (nSPS) is 34.0. The Balaban J connectivity index is 1.45. The highest BCUT2D eigenvalue weighted by atomic mass is 32.4. The van der Waals surface area contributed by atoms with Crippen molar-refractivity contribution in [2.75, 3.05) is 17.4 Å². The van der Waals surface area contributed by atoms with Crippen molar-refractivity contribution >= 4 is 50.6 Å². The van der Waals surface area contributed by atoms with Crippen LogP contribution in [0.5, 0.6) is 0 Å². The second kappa shape index (κ2) is 12.8. The lowest BCUT2D eigenvalue weighted by atomic mass is 9.77. The lowest BCUT2D eigenvalue weighted by Gasteiger charge is -2.40. The largest absolute Gasteiger partial charge is 0.408 e. The molecule has 3 heterocycles. The maximum absolute atomic E-state index is 16.3. The van der Waals surface area contributed by atoms with Gasteiger partial charge >= 0.3 is 6.92 Å². The number of thioether (sulfide) groups is 1. The lowest BCUT2D eigenvalue weighted by Crippen LogP contribution is -2.49. The summed E-state index contributed by atoms with van der Waals surface area (Å²) in [6.45, 7) is 17.4. The number of guanidine groups is 1. The molecule has 3 aliphatic rings. The van der Waals surface area contributed by atoms with Crippen molar-refractivity contribution in [1.29, 1.82) is 0 Å². The minimum Gasteiger partial charge on any atom is -0.408 e. The van der Waals surface area contributed by atoms with Crippen molar-refractivity contribution in [1.82, 2.24) is 9.55 Å². The maximum atomic E-state index is 16.3. The predicted molar refractivity (Wildman–Crippen MR) is 173 cm³/mol. The Morgan fingerprint density at radius 3 is 2.74 bits per heavy atom. The van der Waals surface area contributed by atoms with Crippen molar-refractivity contribution in [3.8, 4) is 0 Å². The summed E-state index contributed by atoms with van der Waals surface area (Å²) in [5.74, 6) is 0.669. The first kappa shape index (κ1) is 33.9. The van der Waals surface area contributed by atoms with Gasteiger partial charge in [-0.25, -0.2) is 14.4 Å². The van der Waals surface area contributed by atoms with Gasteiger partial charge in [-0.3, -0.25) is 4.57 Å². The van der Waals surface area contributed by atoms with Crippen LogP contribution in [0.3, 0.4) is 0 Å². The molecule has 42 heavy (non-hydrogen) atoms. The molecular formula is C27H46FN5O5PS2Si+. The minimum absolute atomic E-state index is 0.000267. The van der Waals surface area contributed by atoms with E-state index in [1.54, 1.807) is 11.8 Å². The summed E-state index contributed by atoms with van der Waals surface area (Å²) < 4.78 is 36.5. The number of fused-ring (bicyclic) bond motifs is 1. The van der Waals surface area contributed by atoms with Gasteiger partial charge in [-0.15, -0.1) is 11.8 Å². The highest BCUT2D eigenvalue weighted by Crippen LogP contribution is 2.48. The van der Waals surface area contributed by atoms with Crippen LogP contribution in [-0.4, -0.2) is 75.4 Å². The van der Waals surface area contributed by atoms with Gasteiger partial charge in [0.05, 0.1) is 12.4 Å². The van der Waals surface area contributed by atoms with E-state index >= 15 is 4.39 Å². The predicted octanol–water partition coefficient (Wildman–Crippen LogP) is 5.30. The number of nitrogens with two attached hydrogens (primary N) is 1. The first-order valence-corrected chi connectivity index (χ1v) is 20.7. The number of aliphatic imine (C=N–C) groups is 1. The molecular weight excluding hydrogens is 617 g/mol. The number of halogens is 1. The first-order chi connectivity index (χ1) is 19.4. The van der Waals surface area contributed by atoms with Crippen LogP contribution in [0.4, 0.5) is 10.2 Å². The van der Waals surface area contributed by atoms with E-state index in [9.17, 15) is 10.2 Å². The van der Waals surface area contributed by atoms with Gasteiger partial charge in [-0.05, 0) is 57.2 Å². The first-order valence-electron chi connectivity index (χ1n) is 14.3. The third kappa shape index (κ3) is 7.12. The summed E-state index contributed by atoms with van der Waals surface area (Å²) in [5, 5.41) is 23.9. The average molecular weight is 663 g/mol. The van der Waals surface area contributed by atoms with Gasteiger partial charge < -0.3 is 30.4 Å². The van der Waals surface area contributed by atoms with Crippen molar-refractivity contribution in [3.63, 3.8) is 0 Å². The number of aliphatic hydroxyl groups excluding tert-OH is 2. The molecule has 10 nitrogen and oxygen atoms in total. The van der Waals surface area contributed by atoms with E-state index in [2.05, 4.69) is 62.7 Å². The molecule has 0 aromatic carbocycles. The number of imidazole rings is 1. The molecule has 1 aliphatic carbocycles. The van der Waals surface area contributed by atoms with Crippen LogP contribution in [0.2, 0.25) is 18.1 Å². The zero-order chi connectivity index (χ0) is 31.2. The summed E-state index contributed by atoms with van der Waals surface area (Å²) in [6, 6.07) is 0. The second-order valence-corrected chi connectivity index (χ2v) is 22.5. The number of anilines is 1. The summed E-state index contributed by atoms with van der Waals surface area (Å²) in [7, 11) is -2.40.